The minimum atomic E-state index is -0.361. The van der Waals surface area contributed by atoms with Gasteiger partial charge < -0.3 is 43.6 Å². The number of carbonyl (C=O) groups excluding carboxylic acids is 1. The van der Waals surface area contributed by atoms with E-state index in [2.05, 4.69) is 21.2 Å². The minimum absolute atomic E-state index is 0.134. The van der Waals surface area contributed by atoms with Gasteiger partial charge in [0.05, 0.1) is 59.9 Å². The van der Waals surface area contributed by atoms with Crippen molar-refractivity contribution in [3.63, 3.8) is 0 Å². The maximum atomic E-state index is 13.1. The van der Waals surface area contributed by atoms with E-state index >= 15 is 0 Å². The number of methoxy groups -OCH3 is 7. The molecular weight excluding hydrogens is 598 g/mol. The molecule has 0 aliphatic rings. The number of aromatic hydroxyl groups is 1. The summed E-state index contributed by atoms with van der Waals surface area (Å²) in [6, 6.07) is 8.54. The quantitative estimate of drug-likeness (QED) is 0.0981. The molecule has 218 valence electrons. The highest BCUT2D eigenvalue weighted by molar-refractivity contribution is 9.10. The van der Waals surface area contributed by atoms with Crippen LogP contribution >= 0.6 is 15.9 Å². The summed E-state index contributed by atoms with van der Waals surface area (Å²) in [5.74, 6) is 2.25. The normalized spacial score (nSPS) is 10.9. The lowest BCUT2D eigenvalue weighted by molar-refractivity contribution is 0.104. The largest absolute Gasteiger partial charge is 0.503 e. The summed E-state index contributed by atoms with van der Waals surface area (Å²) < 4.78 is 38.1. The molecule has 0 unspecified atom stereocenters. The van der Waals surface area contributed by atoms with E-state index in [-0.39, 0.29) is 22.8 Å². The number of nitrogens with one attached hydrogen (secondary N) is 1. The zero-order valence-electron chi connectivity index (χ0n) is 23.8. The number of benzene rings is 3. The van der Waals surface area contributed by atoms with E-state index in [1.54, 1.807) is 50.6 Å². The first-order valence-corrected chi connectivity index (χ1v) is 12.9. The molecule has 0 aromatic heterocycles. The zero-order chi connectivity index (χ0) is 30.1. The standard InChI is InChI=1S/C30H32BrNO9/c1-35-21-11-10-18(9-8-17-14-22(36-2)28(39-5)23(15-17)37-3)26(27(21)34)32-13-12-20(33)19-16-24(38-4)29(40-6)30(41-7)25(19)31/h8-16,32,34H,1-7H3/b9-8-,13-12-. The molecule has 10 nitrogen and oxygen atoms in total. The van der Waals surface area contributed by atoms with Crippen LogP contribution in [0.2, 0.25) is 0 Å². The molecule has 3 aromatic carbocycles. The average molecular weight is 630 g/mol. The Morgan fingerprint density at radius 2 is 1.29 bits per heavy atom. The highest BCUT2D eigenvalue weighted by Crippen LogP contribution is 2.45. The van der Waals surface area contributed by atoms with Crippen molar-refractivity contribution in [2.45, 2.75) is 0 Å². The van der Waals surface area contributed by atoms with Crippen molar-refractivity contribution in [3.05, 3.63) is 63.8 Å². The molecule has 41 heavy (non-hydrogen) atoms. The number of hydrogen-bond acceptors (Lipinski definition) is 10. The van der Waals surface area contributed by atoms with Crippen LogP contribution in [0.15, 0.2) is 47.1 Å². The van der Waals surface area contributed by atoms with Crippen LogP contribution in [0, 0.1) is 0 Å². The third kappa shape index (κ3) is 6.63. The summed E-state index contributed by atoms with van der Waals surface area (Å²) in [6.45, 7) is 0. The lowest BCUT2D eigenvalue weighted by Gasteiger charge is -2.15. The molecule has 0 bridgehead atoms. The van der Waals surface area contributed by atoms with E-state index in [4.69, 9.17) is 33.2 Å². The van der Waals surface area contributed by atoms with E-state index in [1.165, 1.54) is 47.8 Å². The molecule has 0 amide bonds. The first-order chi connectivity index (χ1) is 19.8. The van der Waals surface area contributed by atoms with Gasteiger partial charge in [-0.2, -0.15) is 0 Å². The summed E-state index contributed by atoms with van der Waals surface area (Å²) in [5, 5.41) is 13.9. The molecule has 0 fully saturated rings. The Morgan fingerprint density at radius 1 is 0.732 bits per heavy atom. The highest BCUT2D eigenvalue weighted by atomic mass is 79.9. The molecule has 0 saturated carbocycles. The number of phenols is 1. The summed E-state index contributed by atoms with van der Waals surface area (Å²) in [5.41, 5.74) is 1.98. The van der Waals surface area contributed by atoms with Crippen LogP contribution in [-0.2, 0) is 0 Å². The fraction of sp³-hybridized carbons (Fsp3) is 0.233. The SMILES string of the molecule is COc1ccc(/C=C\c2cc(OC)c(OC)c(OC)c2)c(N/C=C\C(=O)c2cc(OC)c(OC)c(OC)c2Br)c1O. The first kappa shape index (κ1) is 31.0. The highest BCUT2D eigenvalue weighted by Gasteiger charge is 2.22. The summed E-state index contributed by atoms with van der Waals surface area (Å²) >= 11 is 3.42. The summed E-state index contributed by atoms with van der Waals surface area (Å²) in [6.07, 6.45) is 6.34. The molecule has 0 radical (unpaired) electrons. The molecule has 0 atom stereocenters. The minimum Gasteiger partial charge on any atom is -0.503 e. The van der Waals surface area contributed by atoms with Gasteiger partial charge in [0, 0.05) is 23.4 Å². The second-order valence-corrected chi connectivity index (χ2v) is 9.01. The number of hydrogen-bond donors (Lipinski definition) is 2. The van der Waals surface area contributed by atoms with E-state index in [0.29, 0.717) is 50.2 Å². The van der Waals surface area contributed by atoms with Gasteiger partial charge in [-0.25, -0.2) is 0 Å². The molecule has 0 spiro atoms. The second-order valence-electron chi connectivity index (χ2n) is 8.22. The maximum Gasteiger partial charge on any atom is 0.204 e. The van der Waals surface area contributed by atoms with Crippen molar-refractivity contribution in [3.8, 4) is 46.0 Å². The fourth-order valence-electron chi connectivity index (χ4n) is 4.02. The van der Waals surface area contributed by atoms with Gasteiger partial charge in [-0.15, -0.1) is 0 Å². The molecule has 11 heteroatoms. The molecule has 2 N–H and O–H groups in total. The summed E-state index contributed by atoms with van der Waals surface area (Å²) in [7, 11) is 10.5. The zero-order valence-corrected chi connectivity index (χ0v) is 25.4. The Balaban J connectivity index is 1.96. The van der Waals surface area contributed by atoms with E-state index in [1.807, 2.05) is 6.08 Å². The van der Waals surface area contributed by atoms with Crippen molar-refractivity contribution in [2.75, 3.05) is 55.1 Å². The van der Waals surface area contributed by atoms with Crippen LogP contribution in [0.4, 0.5) is 5.69 Å². The van der Waals surface area contributed by atoms with Crippen LogP contribution in [-0.4, -0.2) is 60.7 Å². The van der Waals surface area contributed by atoms with Crippen LogP contribution < -0.4 is 38.5 Å². The summed E-state index contributed by atoms with van der Waals surface area (Å²) in [4.78, 5) is 13.1. The number of halogens is 1. The monoisotopic (exact) mass is 629 g/mol. The predicted molar refractivity (Wildman–Crippen MR) is 161 cm³/mol. The lowest BCUT2D eigenvalue weighted by Crippen LogP contribution is -2.03. The molecule has 3 aromatic rings. The van der Waals surface area contributed by atoms with Gasteiger partial charge in [-0.05, 0) is 51.8 Å². The smallest absolute Gasteiger partial charge is 0.204 e. The Kier molecular flexibility index (Phi) is 10.8. The number of allylic oxidation sites excluding steroid dienone is 1. The van der Waals surface area contributed by atoms with Crippen LogP contribution in [0.1, 0.15) is 21.5 Å². The van der Waals surface area contributed by atoms with Gasteiger partial charge in [0.25, 0.3) is 0 Å². The Morgan fingerprint density at radius 3 is 1.83 bits per heavy atom. The second kappa shape index (κ2) is 14.2. The topological polar surface area (TPSA) is 114 Å². The van der Waals surface area contributed by atoms with E-state index in [0.717, 1.165) is 5.56 Å². The molecule has 3 rings (SSSR count). The van der Waals surface area contributed by atoms with Gasteiger partial charge in [-0.3, -0.25) is 4.79 Å². The molecular formula is C30H32BrNO9. The van der Waals surface area contributed by atoms with Crippen LogP contribution in [0.5, 0.6) is 46.0 Å². The van der Waals surface area contributed by atoms with Gasteiger partial charge in [0.1, 0.15) is 0 Å². The van der Waals surface area contributed by atoms with Gasteiger partial charge in [-0.1, -0.05) is 12.2 Å². The molecule has 0 aliphatic heterocycles. The fourth-order valence-corrected chi connectivity index (χ4v) is 4.67. The van der Waals surface area contributed by atoms with Crippen molar-refractivity contribution < 1.29 is 43.1 Å². The van der Waals surface area contributed by atoms with Crippen molar-refractivity contribution in [1.82, 2.24) is 0 Å². The lowest BCUT2D eigenvalue weighted by atomic mass is 10.1. The Bertz CT molecular complexity index is 1440. The predicted octanol–water partition coefficient (Wildman–Crippen LogP) is 6.19. The number of phenolic OH excluding ortho intramolecular Hbond substituents is 1. The number of rotatable bonds is 13. The van der Waals surface area contributed by atoms with Crippen molar-refractivity contribution >= 4 is 39.6 Å². The third-order valence-corrected chi connectivity index (χ3v) is 6.82. The average Bonchev–Trinajstić information content (AvgIpc) is 2.99. The maximum absolute atomic E-state index is 13.1. The Labute approximate surface area is 247 Å². The van der Waals surface area contributed by atoms with E-state index < -0.39 is 0 Å². The van der Waals surface area contributed by atoms with Gasteiger partial charge in [0.2, 0.25) is 11.5 Å². The van der Waals surface area contributed by atoms with Crippen molar-refractivity contribution in [2.24, 2.45) is 0 Å². The van der Waals surface area contributed by atoms with Crippen LogP contribution in [0.3, 0.4) is 0 Å². The molecule has 0 saturated heterocycles. The van der Waals surface area contributed by atoms with Gasteiger partial charge >= 0.3 is 0 Å². The first-order valence-electron chi connectivity index (χ1n) is 12.1. The number of ether oxygens (including phenoxy) is 7. The van der Waals surface area contributed by atoms with Crippen LogP contribution in [0.25, 0.3) is 12.2 Å². The van der Waals surface area contributed by atoms with Crippen molar-refractivity contribution in [1.29, 1.82) is 0 Å². The van der Waals surface area contributed by atoms with Gasteiger partial charge in [0.15, 0.2) is 40.3 Å². The number of anilines is 1. The molecule has 0 aliphatic carbocycles. The third-order valence-electron chi connectivity index (χ3n) is 6.03. The van der Waals surface area contributed by atoms with E-state index in [9.17, 15) is 9.90 Å². The number of carbonyl (C=O) groups is 1. The number of ketones is 1. The Hall–Kier alpha value is -4.51. The molecule has 0 heterocycles.